The molecule has 0 bridgehead atoms. The van der Waals surface area contributed by atoms with Gasteiger partial charge in [-0.25, -0.2) is 0 Å². The minimum Gasteiger partial charge on any atom is -0.491 e. The second kappa shape index (κ2) is 5.54. The molecular weight excluding hydrogens is 234 g/mol. The molecule has 1 aliphatic carbocycles. The van der Waals surface area contributed by atoms with Gasteiger partial charge in [-0.3, -0.25) is 0 Å². The van der Waals surface area contributed by atoms with Crippen molar-refractivity contribution in [3.63, 3.8) is 0 Å². The van der Waals surface area contributed by atoms with Crippen molar-refractivity contribution in [1.29, 1.82) is 0 Å². The van der Waals surface area contributed by atoms with Crippen molar-refractivity contribution in [1.82, 2.24) is 0 Å². The van der Waals surface area contributed by atoms with E-state index in [2.05, 4.69) is 45.9 Å². The van der Waals surface area contributed by atoms with E-state index in [4.69, 9.17) is 10.5 Å². The van der Waals surface area contributed by atoms with Gasteiger partial charge in [0.15, 0.2) is 0 Å². The van der Waals surface area contributed by atoms with Gasteiger partial charge in [-0.2, -0.15) is 0 Å². The fourth-order valence-corrected chi connectivity index (χ4v) is 3.06. The summed E-state index contributed by atoms with van der Waals surface area (Å²) in [6, 6.07) is 8.76. The molecule has 2 unspecified atom stereocenters. The Bertz CT molecular complexity index is 425. The highest BCUT2D eigenvalue weighted by Crippen LogP contribution is 2.43. The van der Waals surface area contributed by atoms with Crippen molar-refractivity contribution in [2.45, 2.75) is 65.0 Å². The number of nitrogens with two attached hydrogens (primary N) is 1. The van der Waals surface area contributed by atoms with Crippen molar-refractivity contribution >= 4 is 0 Å². The van der Waals surface area contributed by atoms with E-state index in [0.29, 0.717) is 11.3 Å². The molecule has 1 saturated carbocycles. The molecule has 1 aromatic rings. The molecule has 2 atom stereocenters. The third-order valence-corrected chi connectivity index (χ3v) is 4.10. The number of hydrogen-bond donors (Lipinski definition) is 1. The molecule has 0 spiro atoms. The molecule has 2 N–H and O–H groups in total. The van der Waals surface area contributed by atoms with E-state index in [0.717, 1.165) is 12.2 Å². The molecule has 0 amide bonds. The van der Waals surface area contributed by atoms with Crippen LogP contribution >= 0.6 is 0 Å². The summed E-state index contributed by atoms with van der Waals surface area (Å²) in [5.41, 5.74) is 8.07. The molecule has 1 fully saturated rings. The largest absolute Gasteiger partial charge is 0.491 e. The molecule has 0 aliphatic heterocycles. The summed E-state index contributed by atoms with van der Waals surface area (Å²) < 4.78 is 5.79. The van der Waals surface area contributed by atoms with E-state index in [-0.39, 0.29) is 12.1 Å². The molecular formula is C17H27NO. The van der Waals surface area contributed by atoms with E-state index < -0.39 is 0 Å². The molecule has 2 nitrogen and oxygen atoms in total. The number of rotatable bonds is 3. The first kappa shape index (κ1) is 14.4. The van der Waals surface area contributed by atoms with Gasteiger partial charge in [0, 0.05) is 6.04 Å². The Morgan fingerprint density at radius 1 is 1.32 bits per heavy atom. The molecule has 1 aliphatic rings. The Morgan fingerprint density at radius 3 is 2.74 bits per heavy atom. The van der Waals surface area contributed by atoms with Gasteiger partial charge in [0.25, 0.3) is 0 Å². The van der Waals surface area contributed by atoms with Crippen molar-refractivity contribution in [3.8, 4) is 5.75 Å². The van der Waals surface area contributed by atoms with Crippen LogP contribution in [0.4, 0.5) is 0 Å². The highest BCUT2D eigenvalue weighted by atomic mass is 16.5. The van der Waals surface area contributed by atoms with Crippen molar-refractivity contribution in [2.24, 2.45) is 11.1 Å². The first-order chi connectivity index (χ1) is 8.87. The van der Waals surface area contributed by atoms with Crippen LogP contribution in [0.1, 0.15) is 58.4 Å². The topological polar surface area (TPSA) is 35.2 Å². The van der Waals surface area contributed by atoms with Crippen LogP contribution in [0.15, 0.2) is 24.3 Å². The Balaban J connectivity index is 2.20. The summed E-state index contributed by atoms with van der Waals surface area (Å²) >= 11 is 0. The van der Waals surface area contributed by atoms with Gasteiger partial charge in [0.1, 0.15) is 5.75 Å². The Morgan fingerprint density at radius 2 is 2.05 bits per heavy atom. The molecule has 0 heterocycles. The zero-order valence-corrected chi connectivity index (χ0v) is 12.6. The second-order valence-corrected chi connectivity index (χ2v) is 6.92. The van der Waals surface area contributed by atoms with Gasteiger partial charge in [-0.1, -0.05) is 26.0 Å². The lowest BCUT2D eigenvalue weighted by molar-refractivity contribution is 0.197. The van der Waals surface area contributed by atoms with E-state index in [1.165, 1.54) is 18.4 Å². The minimum absolute atomic E-state index is 0.215. The smallest absolute Gasteiger partial charge is 0.119 e. The number of hydrogen-bond acceptors (Lipinski definition) is 2. The van der Waals surface area contributed by atoms with Gasteiger partial charge in [-0.15, -0.1) is 0 Å². The monoisotopic (exact) mass is 261 g/mol. The van der Waals surface area contributed by atoms with Crippen LogP contribution < -0.4 is 10.5 Å². The standard InChI is InChI=1S/C17H27NO/c1-12(2)19-14-7-5-6-13(10-14)15-11-17(3,4)9-8-16(15)18/h5-7,10,12,15-16H,8-9,11,18H2,1-4H3. The number of benzene rings is 1. The Labute approximate surface area is 117 Å². The van der Waals surface area contributed by atoms with Crippen LogP contribution in [0.2, 0.25) is 0 Å². The fourth-order valence-electron chi connectivity index (χ4n) is 3.06. The van der Waals surface area contributed by atoms with Gasteiger partial charge in [0.05, 0.1) is 6.10 Å². The number of ether oxygens (including phenoxy) is 1. The summed E-state index contributed by atoms with van der Waals surface area (Å²) in [7, 11) is 0. The average molecular weight is 261 g/mol. The van der Waals surface area contributed by atoms with Gasteiger partial charge in [-0.05, 0) is 62.1 Å². The quantitative estimate of drug-likeness (QED) is 0.889. The van der Waals surface area contributed by atoms with Crippen LogP contribution in [0.25, 0.3) is 0 Å². The fraction of sp³-hybridized carbons (Fsp3) is 0.647. The lowest BCUT2D eigenvalue weighted by Gasteiger charge is -2.39. The van der Waals surface area contributed by atoms with Crippen LogP contribution in [-0.2, 0) is 0 Å². The normalized spacial score (nSPS) is 26.4. The summed E-state index contributed by atoms with van der Waals surface area (Å²) in [5.74, 6) is 1.42. The zero-order chi connectivity index (χ0) is 14.0. The molecule has 2 heteroatoms. The maximum Gasteiger partial charge on any atom is 0.119 e. The molecule has 19 heavy (non-hydrogen) atoms. The summed E-state index contributed by atoms with van der Waals surface area (Å²) in [5, 5.41) is 0. The van der Waals surface area contributed by atoms with Crippen LogP contribution in [0, 0.1) is 5.41 Å². The van der Waals surface area contributed by atoms with Crippen molar-refractivity contribution < 1.29 is 4.74 Å². The molecule has 106 valence electrons. The maximum atomic E-state index is 6.34. The Kier molecular flexibility index (Phi) is 4.19. The molecule has 0 radical (unpaired) electrons. The van der Waals surface area contributed by atoms with E-state index in [1.807, 2.05) is 6.07 Å². The summed E-state index contributed by atoms with van der Waals surface area (Å²) in [4.78, 5) is 0. The highest BCUT2D eigenvalue weighted by Gasteiger charge is 2.33. The zero-order valence-electron chi connectivity index (χ0n) is 12.6. The van der Waals surface area contributed by atoms with Gasteiger partial charge in [0.2, 0.25) is 0 Å². The van der Waals surface area contributed by atoms with Crippen LogP contribution in [-0.4, -0.2) is 12.1 Å². The first-order valence-corrected chi connectivity index (χ1v) is 7.39. The molecule has 0 saturated heterocycles. The molecule has 2 rings (SSSR count). The van der Waals surface area contributed by atoms with E-state index >= 15 is 0 Å². The van der Waals surface area contributed by atoms with E-state index in [1.54, 1.807) is 0 Å². The lowest BCUT2D eigenvalue weighted by Crippen LogP contribution is -2.37. The first-order valence-electron chi connectivity index (χ1n) is 7.39. The highest BCUT2D eigenvalue weighted by molar-refractivity contribution is 5.32. The molecule has 0 aromatic heterocycles. The third kappa shape index (κ3) is 3.73. The van der Waals surface area contributed by atoms with Crippen LogP contribution in [0.5, 0.6) is 5.75 Å². The average Bonchev–Trinajstić information content (AvgIpc) is 2.32. The van der Waals surface area contributed by atoms with Crippen molar-refractivity contribution in [3.05, 3.63) is 29.8 Å². The predicted molar refractivity (Wildman–Crippen MR) is 80.6 cm³/mol. The minimum atomic E-state index is 0.215. The van der Waals surface area contributed by atoms with Crippen molar-refractivity contribution in [2.75, 3.05) is 0 Å². The SMILES string of the molecule is CC(C)Oc1cccc(C2CC(C)(C)CCC2N)c1. The predicted octanol–water partition coefficient (Wildman–Crippen LogP) is 4.09. The summed E-state index contributed by atoms with van der Waals surface area (Å²) in [6.07, 6.45) is 3.73. The third-order valence-electron chi connectivity index (χ3n) is 4.10. The Hall–Kier alpha value is -1.02. The van der Waals surface area contributed by atoms with Crippen LogP contribution in [0.3, 0.4) is 0 Å². The second-order valence-electron chi connectivity index (χ2n) is 6.92. The maximum absolute atomic E-state index is 6.34. The van der Waals surface area contributed by atoms with Gasteiger partial charge >= 0.3 is 0 Å². The summed E-state index contributed by atoms with van der Waals surface area (Å²) in [6.45, 7) is 8.81. The van der Waals surface area contributed by atoms with Gasteiger partial charge < -0.3 is 10.5 Å². The molecule has 1 aromatic carbocycles. The lowest BCUT2D eigenvalue weighted by atomic mass is 9.68. The van der Waals surface area contributed by atoms with E-state index in [9.17, 15) is 0 Å².